The Bertz CT molecular complexity index is 538. The molecule has 20 heavy (non-hydrogen) atoms. The molecule has 0 unspecified atom stereocenters. The molecule has 0 amide bonds. The Morgan fingerprint density at radius 1 is 1.25 bits per heavy atom. The summed E-state index contributed by atoms with van der Waals surface area (Å²) in [6.45, 7) is 4.20. The molecule has 1 fully saturated rings. The van der Waals surface area contributed by atoms with E-state index >= 15 is 0 Å². The lowest BCUT2D eigenvalue weighted by atomic mass is 10.0. The van der Waals surface area contributed by atoms with E-state index in [1.807, 2.05) is 18.2 Å². The second-order valence-electron chi connectivity index (χ2n) is 5.58. The minimum Gasteiger partial charge on any atom is -0.338 e. The number of piperidine rings is 1. The summed E-state index contributed by atoms with van der Waals surface area (Å²) in [4.78, 5) is 6.95. The van der Waals surface area contributed by atoms with Crippen LogP contribution in [0.15, 0.2) is 34.9 Å². The molecule has 3 rings (SSSR count). The summed E-state index contributed by atoms with van der Waals surface area (Å²) in [6.07, 6.45) is 4.61. The number of likely N-dealkylation sites (tertiary alicyclic amines) is 1. The van der Waals surface area contributed by atoms with E-state index < -0.39 is 0 Å². The van der Waals surface area contributed by atoms with Gasteiger partial charge in [0.2, 0.25) is 5.89 Å². The average Bonchev–Trinajstić information content (AvgIpc) is 2.90. The van der Waals surface area contributed by atoms with Gasteiger partial charge in [-0.2, -0.15) is 4.98 Å². The van der Waals surface area contributed by atoms with Crippen molar-refractivity contribution in [1.82, 2.24) is 15.0 Å². The van der Waals surface area contributed by atoms with Crippen molar-refractivity contribution in [3.8, 4) is 0 Å². The molecule has 0 aliphatic carbocycles. The van der Waals surface area contributed by atoms with E-state index in [2.05, 4.69) is 34.1 Å². The monoisotopic (exact) mass is 271 g/mol. The molecule has 2 aromatic rings. The molecule has 0 radical (unpaired) electrons. The Hall–Kier alpha value is -1.68. The van der Waals surface area contributed by atoms with Crippen molar-refractivity contribution in [2.24, 2.45) is 0 Å². The van der Waals surface area contributed by atoms with Crippen LogP contribution in [0.2, 0.25) is 0 Å². The van der Waals surface area contributed by atoms with Gasteiger partial charge in [-0.1, -0.05) is 41.9 Å². The van der Waals surface area contributed by atoms with Gasteiger partial charge in [0.1, 0.15) is 0 Å². The summed E-state index contributed by atoms with van der Waals surface area (Å²) >= 11 is 0. The van der Waals surface area contributed by atoms with Gasteiger partial charge in [0.05, 0.1) is 6.54 Å². The number of rotatable bonds is 4. The van der Waals surface area contributed by atoms with Crippen LogP contribution < -0.4 is 0 Å². The Balaban J connectivity index is 1.62. The first kappa shape index (κ1) is 13.3. The molecular formula is C16H21N3O. The Labute approximate surface area is 119 Å². The molecule has 1 saturated heterocycles. The van der Waals surface area contributed by atoms with Crippen molar-refractivity contribution < 1.29 is 4.52 Å². The van der Waals surface area contributed by atoms with Gasteiger partial charge in [0.25, 0.3) is 0 Å². The zero-order valence-corrected chi connectivity index (χ0v) is 12.0. The van der Waals surface area contributed by atoms with Gasteiger partial charge in [0, 0.05) is 12.5 Å². The fraction of sp³-hybridized carbons (Fsp3) is 0.500. The van der Waals surface area contributed by atoms with Crippen molar-refractivity contribution in [1.29, 1.82) is 0 Å². The largest absolute Gasteiger partial charge is 0.338 e. The van der Waals surface area contributed by atoms with E-state index in [1.54, 1.807) is 0 Å². The first-order valence-electron chi connectivity index (χ1n) is 7.41. The summed E-state index contributed by atoms with van der Waals surface area (Å²) in [6, 6.07) is 10.9. The summed E-state index contributed by atoms with van der Waals surface area (Å²) in [5, 5.41) is 4.09. The Morgan fingerprint density at radius 3 is 2.90 bits per heavy atom. The van der Waals surface area contributed by atoms with Gasteiger partial charge in [0.15, 0.2) is 5.82 Å². The van der Waals surface area contributed by atoms with Crippen LogP contribution in [0.4, 0.5) is 0 Å². The standard InChI is InChI=1S/C16H21N3O/c1-13-7-5-6-10-19(13)12-16-17-15(18-20-16)11-14-8-3-2-4-9-14/h2-4,8-9,13H,5-7,10-12H2,1H3/t13-/m1/s1. The fourth-order valence-corrected chi connectivity index (χ4v) is 2.77. The van der Waals surface area contributed by atoms with Crippen molar-refractivity contribution in [2.75, 3.05) is 6.54 Å². The molecule has 1 aliphatic rings. The fourth-order valence-electron chi connectivity index (χ4n) is 2.77. The lowest BCUT2D eigenvalue weighted by Gasteiger charge is -2.31. The molecule has 4 heteroatoms. The Kier molecular flexibility index (Phi) is 4.11. The molecule has 106 valence electrons. The number of aromatic nitrogens is 2. The van der Waals surface area contributed by atoms with Crippen LogP contribution >= 0.6 is 0 Å². The normalized spacial score (nSPS) is 20.1. The highest BCUT2D eigenvalue weighted by atomic mass is 16.5. The zero-order valence-electron chi connectivity index (χ0n) is 12.0. The highest BCUT2D eigenvalue weighted by Gasteiger charge is 2.20. The van der Waals surface area contributed by atoms with Crippen LogP contribution in [0, 0.1) is 0 Å². The van der Waals surface area contributed by atoms with Crippen LogP contribution in [0.5, 0.6) is 0 Å². The first-order chi connectivity index (χ1) is 9.81. The van der Waals surface area contributed by atoms with E-state index in [0.717, 1.165) is 31.2 Å². The average molecular weight is 271 g/mol. The van der Waals surface area contributed by atoms with Crippen molar-refractivity contribution in [3.63, 3.8) is 0 Å². The SMILES string of the molecule is C[C@@H]1CCCCN1Cc1nc(Cc2ccccc2)no1. The van der Waals surface area contributed by atoms with Crippen LogP contribution in [-0.2, 0) is 13.0 Å². The summed E-state index contributed by atoms with van der Waals surface area (Å²) in [5.74, 6) is 1.51. The third kappa shape index (κ3) is 3.25. The van der Waals surface area contributed by atoms with Crippen molar-refractivity contribution >= 4 is 0 Å². The predicted molar refractivity (Wildman–Crippen MR) is 77.3 cm³/mol. The van der Waals surface area contributed by atoms with E-state index in [9.17, 15) is 0 Å². The number of hydrogen-bond donors (Lipinski definition) is 0. The molecule has 0 saturated carbocycles. The summed E-state index contributed by atoms with van der Waals surface area (Å²) in [5.41, 5.74) is 1.21. The molecular weight excluding hydrogens is 250 g/mol. The lowest BCUT2D eigenvalue weighted by Crippen LogP contribution is -2.36. The van der Waals surface area contributed by atoms with E-state index in [1.165, 1.54) is 24.8 Å². The lowest BCUT2D eigenvalue weighted by molar-refractivity contribution is 0.135. The predicted octanol–water partition coefficient (Wildman–Crippen LogP) is 3.03. The zero-order chi connectivity index (χ0) is 13.8. The van der Waals surface area contributed by atoms with Crippen LogP contribution in [0.25, 0.3) is 0 Å². The minimum atomic E-state index is 0.619. The molecule has 1 atom stereocenters. The van der Waals surface area contributed by atoms with Crippen molar-refractivity contribution in [3.05, 3.63) is 47.6 Å². The quantitative estimate of drug-likeness (QED) is 0.857. The van der Waals surface area contributed by atoms with Gasteiger partial charge in [-0.25, -0.2) is 0 Å². The van der Waals surface area contributed by atoms with Crippen LogP contribution in [-0.4, -0.2) is 27.6 Å². The highest BCUT2D eigenvalue weighted by Crippen LogP contribution is 2.18. The highest BCUT2D eigenvalue weighted by molar-refractivity contribution is 5.18. The number of benzene rings is 1. The van der Waals surface area contributed by atoms with Crippen LogP contribution in [0.1, 0.15) is 43.5 Å². The van der Waals surface area contributed by atoms with E-state index in [4.69, 9.17) is 4.52 Å². The third-order valence-electron chi connectivity index (χ3n) is 3.99. The minimum absolute atomic E-state index is 0.619. The second-order valence-corrected chi connectivity index (χ2v) is 5.58. The topological polar surface area (TPSA) is 42.2 Å². The van der Waals surface area contributed by atoms with Gasteiger partial charge in [-0.15, -0.1) is 0 Å². The van der Waals surface area contributed by atoms with Gasteiger partial charge in [-0.3, -0.25) is 4.90 Å². The van der Waals surface area contributed by atoms with Crippen LogP contribution in [0.3, 0.4) is 0 Å². The van der Waals surface area contributed by atoms with Gasteiger partial charge < -0.3 is 4.52 Å². The van der Waals surface area contributed by atoms with Gasteiger partial charge in [-0.05, 0) is 31.9 Å². The summed E-state index contributed by atoms with van der Waals surface area (Å²) in [7, 11) is 0. The van der Waals surface area contributed by atoms with E-state index in [-0.39, 0.29) is 0 Å². The maximum absolute atomic E-state index is 5.39. The molecule has 1 aliphatic heterocycles. The Morgan fingerprint density at radius 2 is 2.10 bits per heavy atom. The molecule has 0 spiro atoms. The molecule has 1 aromatic heterocycles. The first-order valence-corrected chi connectivity index (χ1v) is 7.41. The maximum Gasteiger partial charge on any atom is 0.240 e. The maximum atomic E-state index is 5.39. The number of hydrogen-bond acceptors (Lipinski definition) is 4. The molecule has 0 N–H and O–H groups in total. The smallest absolute Gasteiger partial charge is 0.240 e. The third-order valence-corrected chi connectivity index (χ3v) is 3.99. The van der Waals surface area contributed by atoms with Crippen molar-refractivity contribution in [2.45, 2.75) is 45.2 Å². The van der Waals surface area contributed by atoms with Gasteiger partial charge >= 0.3 is 0 Å². The molecule has 0 bridgehead atoms. The molecule has 1 aromatic carbocycles. The second kappa shape index (κ2) is 6.18. The number of nitrogens with zero attached hydrogens (tertiary/aromatic N) is 3. The summed E-state index contributed by atoms with van der Waals surface area (Å²) < 4.78 is 5.39. The molecule has 2 heterocycles. The molecule has 4 nitrogen and oxygen atoms in total. The van der Waals surface area contributed by atoms with E-state index in [0.29, 0.717) is 6.04 Å².